The lowest BCUT2D eigenvalue weighted by atomic mass is 10.4. The van der Waals surface area contributed by atoms with Crippen molar-refractivity contribution < 1.29 is 22.7 Å². The molecule has 8 nitrogen and oxygen atoms in total. The molecule has 0 atom stereocenters. The van der Waals surface area contributed by atoms with Gasteiger partial charge in [0, 0.05) is 18.9 Å². The maximum Gasteiger partial charge on any atom is 0.360 e. The van der Waals surface area contributed by atoms with Crippen LogP contribution in [-0.4, -0.2) is 48.3 Å². The minimum Gasteiger partial charge on any atom is -0.461 e. The first-order valence-corrected chi connectivity index (χ1v) is 8.99. The SMILES string of the molecule is CCOC(=O)c1nc2ccccn2c1NC(=O)CCS(C)(=O)=O. The molecular formula is C14H17N3O5S. The summed E-state index contributed by atoms with van der Waals surface area (Å²) >= 11 is 0. The molecule has 23 heavy (non-hydrogen) atoms. The first-order valence-electron chi connectivity index (χ1n) is 6.93. The van der Waals surface area contributed by atoms with Crippen LogP contribution in [0.4, 0.5) is 5.82 Å². The van der Waals surface area contributed by atoms with Gasteiger partial charge in [0.2, 0.25) is 5.91 Å². The predicted octanol–water partition coefficient (Wildman–Crippen LogP) is 0.884. The van der Waals surface area contributed by atoms with Gasteiger partial charge in [-0.3, -0.25) is 9.20 Å². The summed E-state index contributed by atoms with van der Waals surface area (Å²) in [6.45, 7) is 1.84. The van der Waals surface area contributed by atoms with Gasteiger partial charge in [-0.05, 0) is 19.1 Å². The highest BCUT2D eigenvalue weighted by Crippen LogP contribution is 2.19. The van der Waals surface area contributed by atoms with Gasteiger partial charge in [-0.25, -0.2) is 18.2 Å². The van der Waals surface area contributed by atoms with Crippen LogP contribution in [0, 0.1) is 0 Å². The zero-order valence-electron chi connectivity index (χ0n) is 12.8. The van der Waals surface area contributed by atoms with Crippen molar-refractivity contribution in [2.45, 2.75) is 13.3 Å². The Balaban J connectivity index is 2.32. The third-order valence-electron chi connectivity index (χ3n) is 2.96. The van der Waals surface area contributed by atoms with Crippen molar-refractivity contribution in [3.63, 3.8) is 0 Å². The molecule has 9 heteroatoms. The maximum atomic E-state index is 12.0. The molecule has 0 aromatic carbocycles. The maximum absolute atomic E-state index is 12.0. The second-order valence-corrected chi connectivity index (χ2v) is 7.15. The van der Waals surface area contributed by atoms with Gasteiger partial charge in [-0.15, -0.1) is 0 Å². The van der Waals surface area contributed by atoms with Gasteiger partial charge in [0.15, 0.2) is 11.5 Å². The first kappa shape index (κ1) is 16.9. The topological polar surface area (TPSA) is 107 Å². The van der Waals surface area contributed by atoms with Gasteiger partial charge >= 0.3 is 5.97 Å². The first-order chi connectivity index (χ1) is 10.8. The Morgan fingerprint density at radius 2 is 2.09 bits per heavy atom. The van der Waals surface area contributed by atoms with Crippen LogP contribution >= 0.6 is 0 Å². The van der Waals surface area contributed by atoms with Gasteiger partial charge in [-0.1, -0.05) is 6.07 Å². The van der Waals surface area contributed by atoms with Gasteiger partial charge < -0.3 is 10.1 Å². The van der Waals surface area contributed by atoms with E-state index in [-0.39, 0.29) is 30.3 Å². The van der Waals surface area contributed by atoms with E-state index in [1.807, 2.05) is 0 Å². The van der Waals surface area contributed by atoms with Gasteiger partial charge in [-0.2, -0.15) is 0 Å². The summed E-state index contributed by atoms with van der Waals surface area (Å²) in [7, 11) is -3.25. The average molecular weight is 339 g/mol. The van der Waals surface area contributed by atoms with E-state index in [2.05, 4.69) is 10.3 Å². The number of nitrogens with one attached hydrogen (secondary N) is 1. The number of sulfone groups is 1. The van der Waals surface area contributed by atoms with Crippen LogP contribution in [0.25, 0.3) is 5.65 Å². The van der Waals surface area contributed by atoms with E-state index >= 15 is 0 Å². The number of carbonyl (C=O) groups excluding carboxylic acids is 2. The Kier molecular flexibility index (Phi) is 4.99. The van der Waals surface area contributed by atoms with E-state index in [4.69, 9.17) is 4.74 Å². The van der Waals surface area contributed by atoms with Crippen molar-refractivity contribution in [1.29, 1.82) is 0 Å². The largest absolute Gasteiger partial charge is 0.461 e. The van der Waals surface area contributed by atoms with Crippen molar-refractivity contribution in [3.8, 4) is 0 Å². The van der Waals surface area contributed by atoms with Crippen molar-refractivity contribution in [1.82, 2.24) is 9.38 Å². The third kappa shape index (κ3) is 4.28. The monoisotopic (exact) mass is 339 g/mol. The van der Waals surface area contributed by atoms with E-state index in [9.17, 15) is 18.0 Å². The molecule has 1 amide bonds. The number of ether oxygens (including phenoxy) is 1. The van der Waals surface area contributed by atoms with Crippen molar-refractivity contribution in [2.75, 3.05) is 23.9 Å². The minimum atomic E-state index is -3.25. The molecule has 2 aromatic rings. The second kappa shape index (κ2) is 6.78. The summed E-state index contributed by atoms with van der Waals surface area (Å²) in [4.78, 5) is 28.1. The highest BCUT2D eigenvalue weighted by molar-refractivity contribution is 7.90. The number of rotatable bonds is 6. The van der Waals surface area contributed by atoms with Crippen molar-refractivity contribution in [2.24, 2.45) is 0 Å². The molecule has 0 saturated heterocycles. The number of amides is 1. The zero-order valence-corrected chi connectivity index (χ0v) is 13.6. The number of imidazole rings is 1. The van der Waals surface area contributed by atoms with Gasteiger partial charge in [0.25, 0.3) is 0 Å². The average Bonchev–Trinajstić information content (AvgIpc) is 2.84. The highest BCUT2D eigenvalue weighted by Gasteiger charge is 2.22. The van der Waals surface area contributed by atoms with Gasteiger partial charge in [0.1, 0.15) is 15.5 Å². The summed E-state index contributed by atoms with van der Waals surface area (Å²) in [6.07, 6.45) is 2.48. The van der Waals surface area contributed by atoms with Crippen molar-refractivity contribution >= 4 is 33.2 Å². The number of nitrogens with zero attached hydrogens (tertiary/aromatic N) is 2. The second-order valence-electron chi connectivity index (χ2n) is 4.89. The van der Waals surface area contributed by atoms with E-state index in [0.29, 0.717) is 5.65 Å². The Bertz CT molecular complexity index is 841. The van der Waals surface area contributed by atoms with E-state index in [1.54, 1.807) is 31.3 Å². The fourth-order valence-electron chi connectivity index (χ4n) is 1.93. The van der Waals surface area contributed by atoms with Crippen LogP contribution in [0.3, 0.4) is 0 Å². The standard InChI is InChI=1S/C14H17N3O5S/c1-3-22-14(19)12-13(16-11(18)7-9-23(2,20)21)17-8-5-4-6-10(17)15-12/h4-6,8H,3,7,9H2,1-2H3,(H,16,18). The van der Waals surface area contributed by atoms with E-state index in [0.717, 1.165) is 6.26 Å². The lowest BCUT2D eigenvalue weighted by Crippen LogP contribution is -2.19. The quantitative estimate of drug-likeness (QED) is 0.783. The Morgan fingerprint density at radius 1 is 1.35 bits per heavy atom. The van der Waals surface area contributed by atoms with Crippen LogP contribution < -0.4 is 5.32 Å². The lowest BCUT2D eigenvalue weighted by Gasteiger charge is -2.07. The summed E-state index contributed by atoms with van der Waals surface area (Å²) in [5, 5.41) is 2.54. The van der Waals surface area contributed by atoms with Crippen LogP contribution in [0.1, 0.15) is 23.8 Å². The Hall–Kier alpha value is -2.42. The molecular weight excluding hydrogens is 322 g/mol. The fourth-order valence-corrected chi connectivity index (χ4v) is 2.49. The number of esters is 1. The molecule has 0 unspecified atom stereocenters. The minimum absolute atomic E-state index is 0.0224. The smallest absolute Gasteiger partial charge is 0.360 e. The lowest BCUT2D eigenvalue weighted by molar-refractivity contribution is -0.115. The van der Waals surface area contributed by atoms with Gasteiger partial charge in [0.05, 0.1) is 12.4 Å². The molecule has 0 aliphatic heterocycles. The number of hydrogen-bond donors (Lipinski definition) is 1. The third-order valence-corrected chi connectivity index (χ3v) is 3.90. The number of hydrogen-bond acceptors (Lipinski definition) is 6. The van der Waals surface area contributed by atoms with Crippen LogP contribution in [0.15, 0.2) is 24.4 Å². The van der Waals surface area contributed by atoms with E-state index in [1.165, 1.54) is 4.40 Å². The summed E-state index contributed by atoms with van der Waals surface area (Å²) in [5.74, 6) is -1.29. The molecule has 0 fully saturated rings. The summed E-state index contributed by atoms with van der Waals surface area (Å²) < 4.78 is 28.7. The molecule has 1 N–H and O–H groups in total. The fraction of sp³-hybridized carbons (Fsp3) is 0.357. The number of carbonyl (C=O) groups is 2. The molecule has 0 radical (unpaired) electrons. The number of pyridine rings is 1. The summed E-state index contributed by atoms with van der Waals surface area (Å²) in [5.41, 5.74) is 0.444. The molecule has 0 aliphatic carbocycles. The summed E-state index contributed by atoms with van der Waals surface area (Å²) in [6, 6.07) is 5.14. The van der Waals surface area contributed by atoms with Crippen LogP contribution in [0.2, 0.25) is 0 Å². The number of fused-ring (bicyclic) bond motifs is 1. The number of aromatic nitrogens is 2. The Labute approximate surface area is 133 Å². The molecule has 0 bridgehead atoms. The number of anilines is 1. The normalized spacial score (nSPS) is 11.4. The van der Waals surface area contributed by atoms with E-state index < -0.39 is 21.7 Å². The van der Waals surface area contributed by atoms with Crippen LogP contribution in [-0.2, 0) is 19.4 Å². The predicted molar refractivity (Wildman–Crippen MR) is 84.1 cm³/mol. The molecule has 2 aromatic heterocycles. The van der Waals surface area contributed by atoms with Crippen molar-refractivity contribution in [3.05, 3.63) is 30.1 Å². The highest BCUT2D eigenvalue weighted by atomic mass is 32.2. The zero-order chi connectivity index (χ0) is 17.0. The molecule has 124 valence electrons. The molecule has 0 spiro atoms. The molecule has 0 aliphatic rings. The Morgan fingerprint density at radius 3 is 2.74 bits per heavy atom. The molecule has 0 saturated carbocycles. The van der Waals surface area contributed by atoms with Crippen LogP contribution in [0.5, 0.6) is 0 Å². The molecule has 2 rings (SSSR count). The molecule has 2 heterocycles.